The van der Waals surface area contributed by atoms with Gasteiger partial charge in [-0.05, 0) is 35.4 Å². The van der Waals surface area contributed by atoms with Crippen molar-refractivity contribution in [2.24, 2.45) is 0 Å². The molecule has 10 heteroatoms. The first-order chi connectivity index (χ1) is 15.0. The summed E-state index contributed by atoms with van der Waals surface area (Å²) >= 11 is 6.17. The maximum absolute atomic E-state index is 12.0. The number of nitrogens with zero attached hydrogens (tertiary/aromatic N) is 3. The molecule has 0 spiro atoms. The Morgan fingerprint density at radius 2 is 1.90 bits per heavy atom. The molecule has 0 aliphatic rings. The van der Waals surface area contributed by atoms with Gasteiger partial charge in [-0.15, -0.1) is 0 Å². The van der Waals surface area contributed by atoms with Crippen molar-refractivity contribution in [3.63, 3.8) is 0 Å². The topological polar surface area (TPSA) is 112 Å². The molecule has 2 aromatic carbocycles. The first-order valence-electron chi connectivity index (χ1n) is 9.15. The van der Waals surface area contributed by atoms with Crippen molar-refractivity contribution in [2.45, 2.75) is 6.04 Å². The van der Waals surface area contributed by atoms with Gasteiger partial charge in [-0.3, -0.25) is 9.78 Å². The lowest BCUT2D eigenvalue weighted by Gasteiger charge is -2.20. The van der Waals surface area contributed by atoms with Gasteiger partial charge in [0.2, 0.25) is 5.82 Å². The molecule has 156 valence electrons. The molecule has 8 nitrogen and oxygen atoms in total. The zero-order valence-corrected chi connectivity index (χ0v) is 16.7. The van der Waals surface area contributed by atoms with E-state index in [0.29, 0.717) is 6.20 Å². The van der Waals surface area contributed by atoms with Crippen molar-refractivity contribution < 1.29 is 4.39 Å². The van der Waals surface area contributed by atoms with Gasteiger partial charge in [0.1, 0.15) is 0 Å². The second kappa shape index (κ2) is 8.80. The predicted octanol–water partition coefficient (Wildman–Crippen LogP) is 3.25. The van der Waals surface area contributed by atoms with Gasteiger partial charge in [-0.2, -0.15) is 4.39 Å². The van der Waals surface area contributed by atoms with E-state index in [0.717, 1.165) is 27.2 Å². The average molecular weight is 439 g/mol. The van der Waals surface area contributed by atoms with Crippen LogP contribution in [0.1, 0.15) is 17.2 Å². The number of hydrogen-bond donors (Lipinski definition) is 3. The molecule has 3 N–H and O–H groups in total. The van der Waals surface area contributed by atoms with Gasteiger partial charge in [-0.25, -0.2) is 14.8 Å². The summed E-state index contributed by atoms with van der Waals surface area (Å²) in [5.41, 5.74) is 2.53. The molecule has 1 unspecified atom stereocenters. The molecule has 1 atom stereocenters. The minimum atomic E-state index is -1.00. The maximum Gasteiger partial charge on any atom is 0.325 e. The number of halogens is 2. The van der Waals surface area contributed by atoms with Crippen LogP contribution in [-0.4, -0.2) is 29.5 Å². The third-order valence-corrected chi connectivity index (χ3v) is 4.76. The fourth-order valence-electron chi connectivity index (χ4n) is 3.15. The number of imidazole rings is 2. The minimum Gasteiger partial charge on any atom is -0.345 e. The second-order valence-electron chi connectivity index (χ2n) is 6.57. The van der Waals surface area contributed by atoms with Gasteiger partial charge in [0.15, 0.2) is 0 Å². The highest BCUT2D eigenvalue weighted by atomic mass is 35.5. The number of hydrogen-bond acceptors (Lipinski definition) is 4. The van der Waals surface area contributed by atoms with Crippen molar-refractivity contribution in [3.8, 4) is 0 Å². The lowest BCUT2D eigenvalue weighted by Crippen LogP contribution is -2.23. The van der Waals surface area contributed by atoms with E-state index in [2.05, 4.69) is 37.7 Å². The Labute approximate surface area is 179 Å². The minimum absolute atomic E-state index is 0.0221. The van der Waals surface area contributed by atoms with E-state index in [1.54, 1.807) is 17.5 Å². The van der Waals surface area contributed by atoms with Gasteiger partial charge in [-0.1, -0.05) is 29.8 Å². The van der Waals surface area contributed by atoms with Crippen LogP contribution in [0.5, 0.6) is 0 Å². The van der Waals surface area contributed by atoms with Crippen LogP contribution in [0.15, 0.2) is 83.3 Å². The Kier molecular flexibility index (Phi) is 5.76. The standard InChI is InChI=1S/C17H13ClN4.C4H3FN2O2/c18-14-3-1-2-12(8-14)17(22-7-6-19-11-22)13-4-5-15-16(9-13)21-10-20-15;5-2-1-6-4(9)7-3(2)8/h1-11,17H,(H,20,21);1H,(H2,6,7,8,9). The summed E-state index contributed by atoms with van der Waals surface area (Å²) in [5.74, 6) is -0.991. The molecule has 0 aliphatic carbocycles. The first-order valence-corrected chi connectivity index (χ1v) is 9.52. The molecule has 0 aliphatic heterocycles. The molecular formula is C21H16ClFN6O2. The van der Waals surface area contributed by atoms with Crippen LogP contribution >= 0.6 is 11.6 Å². The number of aromatic nitrogens is 6. The molecular weight excluding hydrogens is 423 g/mol. The summed E-state index contributed by atoms with van der Waals surface area (Å²) in [5, 5.41) is 0.727. The van der Waals surface area contributed by atoms with Crippen LogP contribution in [0.3, 0.4) is 0 Å². The second-order valence-corrected chi connectivity index (χ2v) is 7.00. The summed E-state index contributed by atoms with van der Waals surface area (Å²) in [4.78, 5) is 35.6. The number of nitrogens with one attached hydrogen (secondary N) is 3. The fraction of sp³-hybridized carbons (Fsp3) is 0.0476. The number of benzene rings is 2. The van der Waals surface area contributed by atoms with Crippen LogP contribution in [0.4, 0.5) is 4.39 Å². The molecule has 5 aromatic rings. The Balaban J connectivity index is 0.000000217. The number of fused-ring (bicyclic) bond motifs is 1. The van der Waals surface area contributed by atoms with E-state index in [9.17, 15) is 14.0 Å². The molecule has 0 fully saturated rings. The SMILES string of the molecule is Clc1cccc(C(c2ccc3nc[nH]c3c2)n2ccnc2)c1.O=c1[nH]cc(F)c(=O)[nH]1. The summed E-state index contributed by atoms with van der Waals surface area (Å²) < 4.78 is 14.1. The van der Waals surface area contributed by atoms with Gasteiger partial charge >= 0.3 is 5.69 Å². The third kappa shape index (κ3) is 4.62. The predicted molar refractivity (Wildman–Crippen MR) is 115 cm³/mol. The lowest BCUT2D eigenvalue weighted by molar-refractivity contribution is 0.597. The van der Waals surface area contributed by atoms with E-state index < -0.39 is 17.1 Å². The Bertz CT molecular complexity index is 1420. The van der Waals surface area contributed by atoms with Crippen LogP contribution in [0.2, 0.25) is 5.02 Å². The number of aromatic amines is 3. The van der Waals surface area contributed by atoms with Crippen molar-refractivity contribution in [2.75, 3.05) is 0 Å². The quantitative estimate of drug-likeness (QED) is 0.401. The molecule has 0 saturated carbocycles. The highest BCUT2D eigenvalue weighted by Crippen LogP contribution is 2.29. The van der Waals surface area contributed by atoms with E-state index >= 15 is 0 Å². The van der Waals surface area contributed by atoms with E-state index in [4.69, 9.17) is 11.6 Å². The average Bonchev–Trinajstić information content (AvgIpc) is 3.44. The highest BCUT2D eigenvalue weighted by molar-refractivity contribution is 6.30. The Hall–Kier alpha value is -3.98. The smallest absolute Gasteiger partial charge is 0.325 e. The van der Waals surface area contributed by atoms with Crippen molar-refractivity contribution in [1.82, 2.24) is 29.5 Å². The van der Waals surface area contributed by atoms with Crippen LogP contribution in [-0.2, 0) is 0 Å². The fourth-order valence-corrected chi connectivity index (χ4v) is 3.35. The van der Waals surface area contributed by atoms with Crippen LogP contribution in [0, 0.1) is 5.82 Å². The summed E-state index contributed by atoms with van der Waals surface area (Å²) in [6, 6.07) is 14.2. The number of H-pyrrole nitrogens is 3. The van der Waals surface area contributed by atoms with Gasteiger partial charge < -0.3 is 14.5 Å². The van der Waals surface area contributed by atoms with E-state index in [-0.39, 0.29) is 6.04 Å². The summed E-state index contributed by atoms with van der Waals surface area (Å²) in [6.07, 6.45) is 7.99. The van der Waals surface area contributed by atoms with Gasteiger partial charge in [0.25, 0.3) is 5.56 Å². The van der Waals surface area contributed by atoms with Crippen LogP contribution in [0.25, 0.3) is 11.0 Å². The maximum atomic E-state index is 12.0. The Morgan fingerprint density at radius 3 is 2.61 bits per heavy atom. The first kappa shape index (κ1) is 20.3. The molecule has 3 aromatic heterocycles. The van der Waals surface area contributed by atoms with Crippen molar-refractivity contribution in [3.05, 3.63) is 117 Å². The molecule has 0 radical (unpaired) electrons. The lowest BCUT2D eigenvalue weighted by atomic mass is 9.98. The van der Waals surface area contributed by atoms with E-state index in [1.807, 2.05) is 41.8 Å². The highest BCUT2D eigenvalue weighted by Gasteiger charge is 2.17. The molecule has 31 heavy (non-hydrogen) atoms. The third-order valence-electron chi connectivity index (χ3n) is 4.52. The summed E-state index contributed by atoms with van der Waals surface area (Å²) in [6.45, 7) is 0. The Morgan fingerprint density at radius 1 is 1.06 bits per heavy atom. The monoisotopic (exact) mass is 438 g/mol. The van der Waals surface area contributed by atoms with E-state index in [1.165, 1.54) is 0 Å². The van der Waals surface area contributed by atoms with Crippen molar-refractivity contribution in [1.29, 1.82) is 0 Å². The molecule has 0 amide bonds. The molecule has 0 bridgehead atoms. The summed E-state index contributed by atoms with van der Waals surface area (Å²) in [7, 11) is 0. The molecule has 5 rings (SSSR count). The van der Waals surface area contributed by atoms with Gasteiger partial charge in [0.05, 0.1) is 29.7 Å². The number of rotatable bonds is 3. The normalized spacial score (nSPS) is 11.7. The van der Waals surface area contributed by atoms with Gasteiger partial charge in [0, 0.05) is 23.6 Å². The molecule has 3 heterocycles. The largest absolute Gasteiger partial charge is 0.345 e. The molecule has 0 saturated heterocycles. The zero-order valence-electron chi connectivity index (χ0n) is 15.9. The van der Waals surface area contributed by atoms with Crippen LogP contribution < -0.4 is 11.2 Å². The zero-order chi connectivity index (χ0) is 21.8. The van der Waals surface area contributed by atoms with Crippen molar-refractivity contribution >= 4 is 22.6 Å².